The molecule has 264 valence electrons. The van der Waals surface area contributed by atoms with Gasteiger partial charge in [0.1, 0.15) is 5.75 Å². The number of unbranched alkanes of at least 4 members (excludes halogenated alkanes) is 2. The second-order valence-electron chi connectivity index (χ2n) is 12.7. The van der Waals surface area contributed by atoms with E-state index >= 15 is 0 Å². The molecule has 1 saturated heterocycles. The van der Waals surface area contributed by atoms with Crippen LogP contribution in [0, 0.1) is 5.92 Å². The average molecular weight is 697 g/mol. The van der Waals surface area contributed by atoms with Gasteiger partial charge in [-0.1, -0.05) is 92.2 Å². The van der Waals surface area contributed by atoms with Crippen LogP contribution in [0.1, 0.15) is 74.2 Å². The Kier molecular flexibility index (Phi) is 13.9. The number of aliphatic hydroxyl groups is 1. The van der Waals surface area contributed by atoms with Crippen LogP contribution in [0.2, 0.25) is 0 Å². The number of methoxy groups -OCH3 is 1. The van der Waals surface area contributed by atoms with Gasteiger partial charge >= 0.3 is 0 Å². The Hall–Kier alpha value is -4.15. The fourth-order valence-corrected chi connectivity index (χ4v) is 7.25. The first-order valence-corrected chi connectivity index (χ1v) is 18.3. The smallest absolute Gasteiger partial charge is 0.220 e. The molecule has 0 aliphatic carbocycles. The molecular weight excluding hydrogens is 649 g/mol. The van der Waals surface area contributed by atoms with E-state index in [2.05, 4.69) is 60.0 Å². The average Bonchev–Trinajstić information content (AvgIpc) is 3.15. The molecule has 1 heterocycles. The van der Waals surface area contributed by atoms with Gasteiger partial charge in [-0.05, 0) is 58.9 Å². The monoisotopic (exact) mass is 696 g/mol. The number of amides is 2. The van der Waals surface area contributed by atoms with Crippen LogP contribution in [0.4, 0.5) is 0 Å². The number of thioether (sulfide) groups is 1. The third-order valence-corrected chi connectivity index (χ3v) is 10.1. The van der Waals surface area contributed by atoms with Gasteiger partial charge in [0.2, 0.25) is 11.8 Å². The zero-order valence-electron chi connectivity index (χ0n) is 29.1. The highest BCUT2D eigenvalue weighted by Crippen LogP contribution is 2.44. The minimum Gasteiger partial charge on any atom is -0.496 e. The first-order chi connectivity index (χ1) is 24.3. The van der Waals surface area contributed by atoms with Crippen LogP contribution in [-0.4, -0.2) is 42.4 Å². The number of aliphatic hydroxyl groups excluding tert-OH is 1. The van der Waals surface area contributed by atoms with Gasteiger partial charge in [0.25, 0.3) is 0 Å². The van der Waals surface area contributed by atoms with Crippen LogP contribution in [0.3, 0.4) is 0 Å². The lowest BCUT2D eigenvalue weighted by Crippen LogP contribution is -2.38. The highest BCUT2D eigenvalue weighted by atomic mass is 32.2. The van der Waals surface area contributed by atoms with Crippen molar-refractivity contribution >= 4 is 23.6 Å². The Morgan fingerprint density at radius 1 is 0.820 bits per heavy atom. The summed E-state index contributed by atoms with van der Waals surface area (Å²) in [4.78, 5) is 24.4. The number of ether oxygens (including phenoxy) is 3. The fraction of sp³-hybridized carbons (Fsp3) is 0.366. The van der Waals surface area contributed by atoms with E-state index < -0.39 is 6.29 Å². The van der Waals surface area contributed by atoms with E-state index in [1.165, 1.54) is 6.92 Å². The van der Waals surface area contributed by atoms with Gasteiger partial charge in [0.05, 0.1) is 25.9 Å². The summed E-state index contributed by atoms with van der Waals surface area (Å²) in [6.45, 7) is 4.79. The van der Waals surface area contributed by atoms with Crippen molar-refractivity contribution in [1.82, 2.24) is 10.6 Å². The van der Waals surface area contributed by atoms with Gasteiger partial charge in [0, 0.05) is 48.6 Å². The molecule has 0 spiro atoms. The topological polar surface area (TPSA) is 106 Å². The summed E-state index contributed by atoms with van der Waals surface area (Å²) in [5.41, 5.74) is 6.01. The summed E-state index contributed by atoms with van der Waals surface area (Å²) in [6, 6.07) is 32.5. The molecule has 0 saturated carbocycles. The highest BCUT2D eigenvalue weighted by Gasteiger charge is 2.38. The summed E-state index contributed by atoms with van der Waals surface area (Å²) in [5.74, 6) is 1.66. The van der Waals surface area contributed by atoms with Crippen molar-refractivity contribution in [1.29, 1.82) is 0 Å². The lowest BCUT2D eigenvalue weighted by molar-refractivity contribution is -0.268. The van der Waals surface area contributed by atoms with Crippen molar-refractivity contribution in [2.24, 2.45) is 5.92 Å². The summed E-state index contributed by atoms with van der Waals surface area (Å²) >= 11 is 1.72. The Morgan fingerprint density at radius 2 is 1.58 bits per heavy atom. The number of carbonyl (C=O) groups excluding carboxylic acids is 2. The standard InChI is InChI=1S/C41H48N2O6S/c1-28-37(27-50-38-13-7-6-12-36(38)47-3)48-41(49-40(28)33-17-15-30(26-44)16-18-33)34-21-19-32(20-22-34)35-11-9-10-31(24-35)25-43-39(46)14-5-4-8-23-42-29(2)45/h6-7,9-13,15-22,24,28,37,40-41,44H,4-5,8,14,23,25-27H2,1-3H3,(H,42,45)(H,43,46)/t28-,37+,40+,41+/m0/s1. The van der Waals surface area contributed by atoms with E-state index in [1.807, 2.05) is 54.6 Å². The number of para-hydroxylation sites is 1. The van der Waals surface area contributed by atoms with Gasteiger partial charge < -0.3 is 30.0 Å². The van der Waals surface area contributed by atoms with E-state index in [4.69, 9.17) is 14.2 Å². The van der Waals surface area contributed by atoms with Crippen molar-refractivity contribution in [2.75, 3.05) is 19.4 Å². The van der Waals surface area contributed by atoms with Crippen LogP contribution >= 0.6 is 11.8 Å². The van der Waals surface area contributed by atoms with Crippen LogP contribution in [-0.2, 0) is 32.2 Å². The first-order valence-electron chi connectivity index (χ1n) is 17.3. The maximum atomic E-state index is 12.4. The maximum absolute atomic E-state index is 12.4. The Morgan fingerprint density at radius 3 is 2.32 bits per heavy atom. The molecule has 1 fully saturated rings. The highest BCUT2D eigenvalue weighted by molar-refractivity contribution is 7.99. The van der Waals surface area contributed by atoms with Crippen molar-refractivity contribution in [2.45, 2.75) is 76.1 Å². The second-order valence-corrected chi connectivity index (χ2v) is 13.7. The van der Waals surface area contributed by atoms with Crippen molar-refractivity contribution in [3.05, 3.63) is 119 Å². The summed E-state index contributed by atoms with van der Waals surface area (Å²) in [6.07, 6.45) is 2.19. The fourth-order valence-electron chi connectivity index (χ4n) is 6.05. The molecule has 4 atom stereocenters. The van der Waals surface area contributed by atoms with Crippen LogP contribution in [0.25, 0.3) is 11.1 Å². The molecule has 4 aromatic carbocycles. The summed E-state index contributed by atoms with van der Waals surface area (Å²) in [5, 5.41) is 15.4. The summed E-state index contributed by atoms with van der Waals surface area (Å²) < 4.78 is 18.9. The number of hydrogen-bond acceptors (Lipinski definition) is 7. The zero-order valence-corrected chi connectivity index (χ0v) is 29.9. The third kappa shape index (κ3) is 10.4. The molecule has 2 amide bonds. The minimum absolute atomic E-state index is 0.00179. The molecular formula is C41H48N2O6S. The number of carbonyl (C=O) groups is 2. The molecule has 0 bridgehead atoms. The molecule has 9 heteroatoms. The molecule has 5 rings (SSSR count). The molecule has 1 aliphatic rings. The van der Waals surface area contributed by atoms with Crippen molar-refractivity contribution in [3.63, 3.8) is 0 Å². The van der Waals surface area contributed by atoms with Crippen molar-refractivity contribution < 1.29 is 28.9 Å². The Balaban J connectivity index is 1.24. The van der Waals surface area contributed by atoms with Gasteiger partial charge in [-0.2, -0.15) is 0 Å². The lowest BCUT2D eigenvalue weighted by Gasteiger charge is -2.41. The number of benzene rings is 4. The van der Waals surface area contributed by atoms with E-state index in [0.29, 0.717) is 19.5 Å². The lowest BCUT2D eigenvalue weighted by atomic mass is 9.91. The van der Waals surface area contributed by atoms with Crippen molar-refractivity contribution in [3.8, 4) is 16.9 Å². The molecule has 0 radical (unpaired) electrons. The third-order valence-electron chi connectivity index (χ3n) is 8.98. The van der Waals surface area contributed by atoms with Crippen LogP contribution in [0.15, 0.2) is 102 Å². The molecule has 3 N–H and O–H groups in total. The SMILES string of the molecule is COc1ccccc1SC[C@H]1O[C@@H](c2ccc(-c3cccc(CNC(=O)CCCCCNC(C)=O)c3)cc2)O[C@@H](c2ccc(CO)cc2)[C@H]1C. The quantitative estimate of drug-likeness (QED) is 0.0813. The van der Waals surface area contributed by atoms with E-state index in [9.17, 15) is 14.7 Å². The number of nitrogens with one attached hydrogen (secondary N) is 2. The largest absolute Gasteiger partial charge is 0.496 e. The van der Waals surface area contributed by atoms with Gasteiger partial charge in [-0.25, -0.2) is 0 Å². The molecule has 8 nitrogen and oxygen atoms in total. The van der Waals surface area contributed by atoms with E-state index in [0.717, 1.165) is 69.0 Å². The molecule has 0 aromatic heterocycles. The summed E-state index contributed by atoms with van der Waals surface area (Å²) in [7, 11) is 1.69. The molecule has 4 aromatic rings. The minimum atomic E-state index is -0.557. The molecule has 0 unspecified atom stereocenters. The number of rotatable bonds is 16. The van der Waals surface area contributed by atoms with Gasteiger partial charge in [-0.15, -0.1) is 11.8 Å². The van der Waals surface area contributed by atoms with Gasteiger partial charge in [-0.3, -0.25) is 9.59 Å². The normalized spacial score (nSPS) is 18.7. The Labute approximate surface area is 299 Å². The van der Waals surface area contributed by atoms with Crippen LogP contribution in [0.5, 0.6) is 5.75 Å². The predicted octanol–water partition coefficient (Wildman–Crippen LogP) is 7.75. The van der Waals surface area contributed by atoms with Crippen LogP contribution < -0.4 is 15.4 Å². The molecule has 50 heavy (non-hydrogen) atoms. The zero-order chi connectivity index (χ0) is 35.3. The van der Waals surface area contributed by atoms with Gasteiger partial charge in [0.15, 0.2) is 6.29 Å². The Bertz CT molecular complexity index is 1680. The second kappa shape index (κ2) is 18.7. The molecule has 1 aliphatic heterocycles. The predicted molar refractivity (Wildman–Crippen MR) is 198 cm³/mol. The van der Waals surface area contributed by atoms with E-state index in [-0.39, 0.29) is 36.5 Å². The number of hydrogen-bond donors (Lipinski definition) is 3. The maximum Gasteiger partial charge on any atom is 0.220 e. The van der Waals surface area contributed by atoms with E-state index in [1.54, 1.807) is 18.9 Å². The first kappa shape index (κ1) is 37.1.